The van der Waals surface area contributed by atoms with Crippen LogP contribution in [0.25, 0.3) is 0 Å². The lowest BCUT2D eigenvalue weighted by molar-refractivity contribution is -0.161. The van der Waals surface area contributed by atoms with Gasteiger partial charge in [-0.3, -0.25) is 14.1 Å². The van der Waals surface area contributed by atoms with Crippen molar-refractivity contribution < 1.29 is 43.0 Å². The van der Waals surface area contributed by atoms with E-state index in [0.29, 0.717) is 19.3 Å². The number of phosphoric acid groups is 1. The first-order valence-electron chi connectivity index (χ1n) is 19.0. The van der Waals surface area contributed by atoms with Gasteiger partial charge in [-0.25, -0.2) is 4.57 Å². The number of hydrogen-bond donors (Lipinski definition) is 3. The largest absolute Gasteiger partial charge is 0.469 e. The summed E-state index contributed by atoms with van der Waals surface area (Å²) < 4.78 is 26.2. The van der Waals surface area contributed by atoms with Crippen LogP contribution in [-0.2, 0) is 28.2 Å². The predicted molar refractivity (Wildman–Crippen MR) is 208 cm³/mol. The van der Waals surface area contributed by atoms with Crippen LogP contribution < -0.4 is 0 Å². The summed E-state index contributed by atoms with van der Waals surface area (Å²) in [7, 11) is -4.79. The Kier molecular flexibility index (Phi) is 33.6. The molecule has 2 atom stereocenters. The van der Waals surface area contributed by atoms with E-state index in [1.165, 1.54) is 19.3 Å². The zero-order valence-electron chi connectivity index (χ0n) is 31.3. The molecular formula is C41H67O9P. The summed E-state index contributed by atoms with van der Waals surface area (Å²) in [5, 5.41) is 9.86. The first-order chi connectivity index (χ1) is 24.7. The van der Waals surface area contributed by atoms with Crippen molar-refractivity contribution in [2.75, 3.05) is 13.2 Å². The summed E-state index contributed by atoms with van der Waals surface area (Å²) in [6, 6.07) is 0. The lowest BCUT2D eigenvalue weighted by atomic mass is 10.1. The van der Waals surface area contributed by atoms with Crippen LogP contribution in [0.2, 0.25) is 0 Å². The van der Waals surface area contributed by atoms with Gasteiger partial charge in [-0.1, -0.05) is 131 Å². The predicted octanol–water partition coefficient (Wildman–Crippen LogP) is 10.3. The molecule has 0 saturated heterocycles. The van der Waals surface area contributed by atoms with Crippen LogP contribution in [0.15, 0.2) is 85.1 Å². The SMILES string of the molecule is CCCCC/C=C\C/C=C\C/C=C\CCCCC(=O)OC[C@H](COP(=O)(O)O)OC(=O)CCC/C=C\C/C=C\C/C=C\C=C\[C@@H](O)CCCCC. The van der Waals surface area contributed by atoms with Gasteiger partial charge in [0.25, 0.3) is 0 Å². The Bertz CT molecular complexity index is 1110. The monoisotopic (exact) mass is 734 g/mol. The molecule has 3 N–H and O–H groups in total. The number of unbranched alkanes of at least 4 members (excludes halogenated alkanes) is 8. The van der Waals surface area contributed by atoms with Crippen molar-refractivity contribution in [1.29, 1.82) is 0 Å². The molecule has 0 fully saturated rings. The van der Waals surface area contributed by atoms with Crippen molar-refractivity contribution in [3.05, 3.63) is 85.1 Å². The van der Waals surface area contributed by atoms with Gasteiger partial charge in [-0.15, -0.1) is 0 Å². The van der Waals surface area contributed by atoms with Crippen molar-refractivity contribution in [2.24, 2.45) is 0 Å². The average molecular weight is 735 g/mol. The summed E-state index contributed by atoms with van der Waals surface area (Å²) in [6.07, 6.45) is 43.5. The summed E-state index contributed by atoms with van der Waals surface area (Å²) in [5.74, 6) is -1.03. The Morgan fingerprint density at radius 2 is 1.12 bits per heavy atom. The van der Waals surface area contributed by atoms with Gasteiger partial charge in [-0.05, 0) is 77.0 Å². The number of esters is 2. The molecule has 0 unspecified atom stereocenters. The van der Waals surface area contributed by atoms with Crippen LogP contribution in [0.4, 0.5) is 0 Å². The number of ether oxygens (including phenoxy) is 2. The van der Waals surface area contributed by atoms with Crippen LogP contribution in [0, 0.1) is 0 Å². The Labute approximate surface area is 308 Å². The zero-order chi connectivity index (χ0) is 37.7. The number of carbonyl (C=O) groups is 2. The molecule has 0 bridgehead atoms. The number of hydrogen-bond acceptors (Lipinski definition) is 7. The maximum atomic E-state index is 12.3. The molecule has 290 valence electrons. The Morgan fingerprint density at radius 3 is 1.71 bits per heavy atom. The molecule has 0 rings (SSSR count). The third kappa shape index (κ3) is 38.3. The Hall–Kier alpha value is -2.81. The van der Waals surface area contributed by atoms with E-state index in [0.717, 1.165) is 70.6 Å². The normalized spacial score (nSPS) is 14.1. The van der Waals surface area contributed by atoms with E-state index in [9.17, 15) is 19.3 Å². The molecule has 0 aliphatic heterocycles. The molecule has 0 saturated carbocycles. The summed E-state index contributed by atoms with van der Waals surface area (Å²) in [4.78, 5) is 42.7. The molecule has 0 spiro atoms. The second kappa shape index (κ2) is 35.6. The minimum atomic E-state index is -4.79. The summed E-state index contributed by atoms with van der Waals surface area (Å²) >= 11 is 0. The van der Waals surface area contributed by atoms with Gasteiger partial charge in [0, 0.05) is 12.8 Å². The van der Waals surface area contributed by atoms with Crippen molar-refractivity contribution in [3.8, 4) is 0 Å². The fourth-order valence-corrected chi connectivity index (χ4v) is 4.96. The van der Waals surface area contributed by atoms with Gasteiger partial charge in [0.05, 0.1) is 12.7 Å². The molecule has 0 aromatic rings. The van der Waals surface area contributed by atoms with Crippen molar-refractivity contribution >= 4 is 19.8 Å². The molecular weight excluding hydrogens is 667 g/mol. The van der Waals surface area contributed by atoms with Crippen LogP contribution in [-0.4, -0.2) is 52.3 Å². The molecule has 51 heavy (non-hydrogen) atoms. The van der Waals surface area contributed by atoms with Crippen molar-refractivity contribution in [1.82, 2.24) is 0 Å². The third-order valence-electron chi connectivity index (χ3n) is 7.49. The highest BCUT2D eigenvalue weighted by atomic mass is 31.2. The highest BCUT2D eigenvalue weighted by Gasteiger charge is 2.22. The van der Waals surface area contributed by atoms with E-state index in [1.807, 2.05) is 36.5 Å². The number of aliphatic hydroxyl groups is 1. The van der Waals surface area contributed by atoms with Gasteiger partial charge in [0.2, 0.25) is 0 Å². The molecule has 0 aliphatic carbocycles. The third-order valence-corrected chi connectivity index (χ3v) is 7.98. The zero-order valence-corrected chi connectivity index (χ0v) is 32.2. The van der Waals surface area contributed by atoms with E-state index in [2.05, 4.69) is 67.0 Å². The second-order valence-corrected chi connectivity index (χ2v) is 13.6. The molecule has 10 heteroatoms. The van der Waals surface area contributed by atoms with E-state index >= 15 is 0 Å². The van der Waals surface area contributed by atoms with Crippen LogP contribution in [0.3, 0.4) is 0 Å². The Balaban J connectivity index is 4.21. The van der Waals surface area contributed by atoms with Gasteiger partial charge < -0.3 is 24.4 Å². The molecule has 0 radical (unpaired) electrons. The number of aliphatic hydroxyl groups excluding tert-OH is 1. The highest BCUT2D eigenvalue weighted by Crippen LogP contribution is 2.35. The number of carbonyl (C=O) groups excluding carboxylic acids is 2. The smallest absolute Gasteiger partial charge is 0.462 e. The van der Waals surface area contributed by atoms with Gasteiger partial charge in [0.1, 0.15) is 6.61 Å². The molecule has 0 aromatic heterocycles. The van der Waals surface area contributed by atoms with Gasteiger partial charge >= 0.3 is 19.8 Å². The van der Waals surface area contributed by atoms with Crippen LogP contribution in [0.5, 0.6) is 0 Å². The number of allylic oxidation sites excluding steroid dienone is 13. The van der Waals surface area contributed by atoms with E-state index in [-0.39, 0.29) is 25.6 Å². The van der Waals surface area contributed by atoms with Crippen molar-refractivity contribution in [3.63, 3.8) is 0 Å². The second-order valence-electron chi connectivity index (χ2n) is 12.4. The topological polar surface area (TPSA) is 140 Å². The standard InChI is InChI=1S/C41H67O9P/c1-3-5-7-8-9-10-11-12-13-14-17-20-23-26-30-34-40(43)48-36-39(37-49-51(45,46)47)50-41(44)35-31-27-24-21-18-15-16-19-22-25-29-33-38(42)32-28-6-4-2/h9-10,12-13,15-17,20-22,24-25,29,33,38-39,42H,3-8,11,14,18-19,23,26-28,30-32,34-37H2,1-2H3,(H2,45,46,47)/b10-9-,13-12-,16-15-,20-17-,24-21-,25-22-,33-29+/t38-,39+/m0/s1. The van der Waals surface area contributed by atoms with E-state index < -0.39 is 32.5 Å². The number of phosphoric ester groups is 1. The molecule has 0 heterocycles. The van der Waals surface area contributed by atoms with Crippen LogP contribution >= 0.6 is 7.82 Å². The quantitative estimate of drug-likeness (QED) is 0.0198. The molecule has 0 amide bonds. The van der Waals surface area contributed by atoms with Crippen molar-refractivity contribution in [2.45, 2.75) is 148 Å². The fourth-order valence-electron chi connectivity index (χ4n) is 4.60. The summed E-state index contributed by atoms with van der Waals surface area (Å²) in [6.45, 7) is 3.42. The van der Waals surface area contributed by atoms with Gasteiger partial charge in [0.15, 0.2) is 6.10 Å². The molecule has 9 nitrogen and oxygen atoms in total. The Morgan fingerprint density at radius 1 is 0.608 bits per heavy atom. The first-order valence-corrected chi connectivity index (χ1v) is 20.5. The van der Waals surface area contributed by atoms with E-state index in [4.69, 9.17) is 19.3 Å². The average Bonchev–Trinajstić information content (AvgIpc) is 3.09. The lowest BCUT2D eigenvalue weighted by Gasteiger charge is -2.18. The minimum Gasteiger partial charge on any atom is -0.462 e. The minimum absolute atomic E-state index is 0.103. The lowest BCUT2D eigenvalue weighted by Crippen LogP contribution is -2.29. The molecule has 0 aromatic carbocycles. The number of rotatable bonds is 33. The maximum Gasteiger partial charge on any atom is 0.469 e. The summed E-state index contributed by atoms with van der Waals surface area (Å²) in [5.41, 5.74) is 0. The fraction of sp³-hybridized carbons (Fsp3) is 0.610. The van der Waals surface area contributed by atoms with E-state index in [1.54, 1.807) is 0 Å². The van der Waals surface area contributed by atoms with Gasteiger partial charge in [-0.2, -0.15) is 0 Å². The van der Waals surface area contributed by atoms with Crippen LogP contribution in [0.1, 0.15) is 136 Å². The highest BCUT2D eigenvalue weighted by molar-refractivity contribution is 7.46. The molecule has 0 aliphatic rings. The maximum absolute atomic E-state index is 12.3. The first kappa shape index (κ1) is 48.2.